The molecule has 1 N–H and O–H groups in total. The maximum absolute atomic E-state index is 16.4. The molecule has 0 spiro atoms. The second kappa shape index (κ2) is 13.2. The minimum atomic E-state index is -1.35. The Morgan fingerprint density at radius 3 is 2.71 bits per heavy atom. The van der Waals surface area contributed by atoms with Crippen LogP contribution >= 0.6 is 11.6 Å². The molecule has 14 heteroatoms. The van der Waals surface area contributed by atoms with Crippen molar-refractivity contribution < 1.29 is 28.2 Å². The van der Waals surface area contributed by atoms with E-state index in [1.807, 2.05) is 25.7 Å². The van der Waals surface area contributed by atoms with Gasteiger partial charge in [0.1, 0.15) is 36.1 Å². The molecule has 5 heterocycles. The molecule has 4 aromatic rings. The van der Waals surface area contributed by atoms with Crippen LogP contribution in [0.25, 0.3) is 28.0 Å². The van der Waals surface area contributed by atoms with Gasteiger partial charge in [-0.15, -0.1) is 0 Å². The number of benzene rings is 1. The average Bonchev–Trinajstić information content (AvgIpc) is 3.06. The number of carbonyl (C=O) groups is 1. The van der Waals surface area contributed by atoms with Gasteiger partial charge in [-0.05, 0) is 50.1 Å². The molecule has 1 amide bonds. The number of hydrogen-bond acceptors (Lipinski definition) is 9. The van der Waals surface area contributed by atoms with Gasteiger partial charge in [0.15, 0.2) is 17.3 Å². The zero-order valence-electron chi connectivity index (χ0n) is 26.9. The van der Waals surface area contributed by atoms with E-state index in [-0.39, 0.29) is 82.1 Å². The van der Waals surface area contributed by atoms with E-state index in [2.05, 4.69) is 21.5 Å². The highest BCUT2D eigenvalue weighted by Crippen LogP contribution is 2.41. The highest BCUT2D eigenvalue weighted by molar-refractivity contribution is 6.31. The van der Waals surface area contributed by atoms with Gasteiger partial charge in [0, 0.05) is 44.0 Å². The lowest BCUT2D eigenvalue weighted by Crippen LogP contribution is -2.54. The number of pyridine rings is 2. The molecular weight excluding hydrogens is 646 g/mol. The molecule has 2 bridgehead atoms. The number of anilines is 1. The molecule has 3 atom stereocenters. The first-order chi connectivity index (χ1) is 23.0. The van der Waals surface area contributed by atoms with Gasteiger partial charge in [-0.1, -0.05) is 32.0 Å². The largest absolute Gasteiger partial charge is 0.490 e. The number of hydrogen-bond donors (Lipinski definition) is 1. The van der Waals surface area contributed by atoms with E-state index in [0.29, 0.717) is 18.8 Å². The van der Waals surface area contributed by atoms with E-state index >= 15 is 8.78 Å². The van der Waals surface area contributed by atoms with Crippen molar-refractivity contribution in [3.05, 3.63) is 81.5 Å². The first-order valence-electron chi connectivity index (χ1n) is 15.7. The Hall–Kier alpha value is -4.46. The number of ether oxygens (including phenoxy) is 2. The topological polar surface area (TPSA) is 123 Å². The smallest absolute Gasteiger partial charge is 0.355 e. The van der Waals surface area contributed by atoms with Crippen LogP contribution in [-0.4, -0.2) is 80.4 Å². The Labute approximate surface area is 280 Å². The van der Waals surface area contributed by atoms with Gasteiger partial charge in [0.25, 0.3) is 0 Å². The van der Waals surface area contributed by atoms with Gasteiger partial charge in [-0.3, -0.25) is 9.78 Å². The van der Waals surface area contributed by atoms with Crippen LogP contribution in [0.5, 0.6) is 5.75 Å². The van der Waals surface area contributed by atoms with Crippen molar-refractivity contribution in [1.29, 1.82) is 0 Å². The van der Waals surface area contributed by atoms with Crippen LogP contribution in [0.4, 0.5) is 14.6 Å². The highest BCUT2D eigenvalue weighted by Gasteiger charge is 2.34. The average molecular weight is 681 g/mol. The number of halogens is 3. The summed E-state index contributed by atoms with van der Waals surface area (Å²) in [6, 6.07) is 5.06. The molecule has 48 heavy (non-hydrogen) atoms. The second-order valence-electron chi connectivity index (χ2n) is 12.0. The second-order valence-corrected chi connectivity index (χ2v) is 12.5. The third kappa shape index (κ3) is 5.69. The number of rotatable bonds is 5. The molecule has 0 saturated carbocycles. The zero-order valence-corrected chi connectivity index (χ0v) is 27.7. The lowest BCUT2D eigenvalue weighted by Gasteiger charge is -2.40. The summed E-state index contributed by atoms with van der Waals surface area (Å²) in [5.41, 5.74) is -0.714. The molecule has 1 saturated heterocycles. The fourth-order valence-corrected chi connectivity index (χ4v) is 6.54. The molecule has 11 nitrogen and oxygen atoms in total. The molecule has 2 aliphatic heterocycles. The number of carbonyl (C=O) groups excluding carboxylic acids is 1. The van der Waals surface area contributed by atoms with Gasteiger partial charge in [-0.25, -0.2) is 23.1 Å². The monoisotopic (exact) mass is 680 g/mol. The van der Waals surface area contributed by atoms with Gasteiger partial charge in [0.05, 0.1) is 27.4 Å². The van der Waals surface area contributed by atoms with Gasteiger partial charge in [0.2, 0.25) is 5.91 Å². The van der Waals surface area contributed by atoms with Crippen LogP contribution < -0.4 is 15.3 Å². The Balaban J connectivity index is 1.73. The molecule has 6 rings (SSSR count). The molecule has 0 radical (unpaired) electrons. The van der Waals surface area contributed by atoms with E-state index in [1.54, 1.807) is 17.9 Å². The number of aromatic nitrogens is 4. The number of aliphatic hydroxyl groups is 1. The summed E-state index contributed by atoms with van der Waals surface area (Å²) < 4.78 is 45.4. The van der Waals surface area contributed by atoms with Crippen molar-refractivity contribution in [2.75, 3.05) is 37.7 Å². The predicted octanol–water partition coefficient (Wildman–Crippen LogP) is 4.95. The summed E-state index contributed by atoms with van der Waals surface area (Å²) in [7, 11) is 0. The minimum Gasteiger partial charge on any atom is -0.490 e. The molecule has 1 aromatic carbocycles. The molecule has 2 unspecified atom stereocenters. The number of nitrogens with zero attached hydrogens (tertiary/aromatic N) is 6. The van der Waals surface area contributed by atoms with E-state index in [1.165, 1.54) is 29.0 Å². The summed E-state index contributed by atoms with van der Waals surface area (Å²) in [5, 5.41) is 11.7. The van der Waals surface area contributed by atoms with Crippen LogP contribution in [0, 0.1) is 11.6 Å². The van der Waals surface area contributed by atoms with Crippen LogP contribution in [0.2, 0.25) is 5.02 Å². The van der Waals surface area contributed by atoms with Crippen LogP contribution in [0.15, 0.2) is 47.9 Å². The van der Waals surface area contributed by atoms with Crippen molar-refractivity contribution >= 4 is 34.4 Å². The summed E-state index contributed by atoms with van der Waals surface area (Å²) in [4.78, 5) is 43.8. The lowest BCUT2D eigenvalue weighted by atomic mass is 9.97. The van der Waals surface area contributed by atoms with Gasteiger partial charge >= 0.3 is 5.69 Å². The first kappa shape index (κ1) is 33.4. The van der Waals surface area contributed by atoms with Gasteiger partial charge < -0.3 is 24.4 Å². The van der Waals surface area contributed by atoms with Crippen molar-refractivity contribution in [2.24, 2.45) is 0 Å². The lowest BCUT2D eigenvalue weighted by molar-refractivity contribution is -0.126. The maximum Gasteiger partial charge on any atom is 0.355 e. The Morgan fingerprint density at radius 2 is 2.02 bits per heavy atom. The molecule has 0 aliphatic carbocycles. The van der Waals surface area contributed by atoms with E-state index in [0.717, 1.165) is 6.07 Å². The third-order valence-electron chi connectivity index (χ3n) is 8.69. The summed E-state index contributed by atoms with van der Waals surface area (Å²) >= 11 is 6.19. The molecule has 1 fully saturated rings. The van der Waals surface area contributed by atoms with Crippen molar-refractivity contribution in [1.82, 2.24) is 24.4 Å². The number of fused-ring (bicyclic) bond motifs is 5. The number of piperazine rings is 1. The van der Waals surface area contributed by atoms with Crippen molar-refractivity contribution in [3.8, 4) is 22.7 Å². The fourth-order valence-electron chi connectivity index (χ4n) is 6.38. The number of amides is 1. The van der Waals surface area contributed by atoms with Crippen LogP contribution in [0.3, 0.4) is 0 Å². The molecule has 252 valence electrons. The van der Waals surface area contributed by atoms with E-state index in [9.17, 15) is 14.7 Å². The Kier molecular flexibility index (Phi) is 9.20. The van der Waals surface area contributed by atoms with Gasteiger partial charge in [-0.2, -0.15) is 4.98 Å². The SMILES string of the molecule is C=CC(=O)N1CCN(c2nc(=O)n3c4nc(c(F)cc24)-c2c(ccc(Cl)c2F)OCC(OCC)C(O)c2ccnc(C(C)C)c2-3)[C@@H](C)C1. The normalized spacial score (nSPS) is 19.4. The maximum atomic E-state index is 16.4. The zero-order chi connectivity index (χ0) is 34.4. The number of aliphatic hydroxyl groups excluding tert-OH is 1. The molecule has 2 aliphatic rings. The summed E-state index contributed by atoms with van der Waals surface area (Å²) in [6.45, 7) is 11.7. The summed E-state index contributed by atoms with van der Waals surface area (Å²) in [5.74, 6) is -2.32. The highest BCUT2D eigenvalue weighted by atomic mass is 35.5. The first-order valence-corrected chi connectivity index (χ1v) is 16.1. The van der Waals surface area contributed by atoms with Crippen molar-refractivity contribution in [3.63, 3.8) is 0 Å². The third-order valence-corrected chi connectivity index (χ3v) is 8.98. The predicted molar refractivity (Wildman–Crippen MR) is 177 cm³/mol. The fraction of sp³-hybridized carbons (Fsp3) is 0.382. The molecule has 3 aromatic heterocycles. The molecular formula is C34H35ClF2N6O5. The van der Waals surface area contributed by atoms with Crippen LogP contribution in [-0.2, 0) is 9.53 Å². The summed E-state index contributed by atoms with van der Waals surface area (Å²) in [6.07, 6.45) is 0.422. The Morgan fingerprint density at radius 1 is 1.25 bits per heavy atom. The Bertz CT molecular complexity index is 1990. The van der Waals surface area contributed by atoms with E-state index < -0.39 is 35.2 Å². The quantitative estimate of drug-likeness (QED) is 0.292. The standard InChI is InChI=1S/C34H35ClF2N6O5/c1-6-25(44)41-12-13-42(18(5)15-41)32-20-14-22(36)29-26-23(9-8-21(35)27(26)37)48-16-24(47-7-2)31(45)19-10-11-38-28(17(3)4)30(19)43(33(20)39-29)34(46)40-32/h6,8-11,14,17-18,24,31,45H,1,7,12-13,15-16H2,2-5H3/t18-,24?,31?/m0/s1. The minimum absolute atomic E-state index is 0.0552. The van der Waals surface area contributed by atoms with Crippen LogP contribution in [0.1, 0.15) is 51.0 Å². The van der Waals surface area contributed by atoms with E-state index in [4.69, 9.17) is 21.1 Å². The van der Waals surface area contributed by atoms with Crippen molar-refractivity contribution in [2.45, 2.75) is 51.9 Å².